The van der Waals surface area contributed by atoms with Crippen LogP contribution in [0.3, 0.4) is 0 Å². The predicted octanol–water partition coefficient (Wildman–Crippen LogP) is 2.14. The lowest BCUT2D eigenvalue weighted by Gasteiger charge is -2.17. The fraction of sp³-hybridized carbons (Fsp3) is 0.571. The highest BCUT2D eigenvalue weighted by Gasteiger charge is 2.13. The third-order valence-corrected chi connectivity index (χ3v) is 3.10. The normalized spacial score (nSPS) is 11.8. The zero-order valence-corrected chi connectivity index (χ0v) is 12.0. The van der Waals surface area contributed by atoms with E-state index < -0.39 is 0 Å². The van der Waals surface area contributed by atoms with Crippen LogP contribution in [0.25, 0.3) is 0 Å². The van der Waals surface area contributed by atoms with Gasteiger partial charge in [-0.25, -0.2) is 0 Å². The summed E-state index contributed by atoms with van der Waals surface area (Å²) in [5.74, 6) is 2.03. The summed E-state index contributed by atoms with van der Waals surface area (Å²) in [5, 5.41) is 12.5. The molecule has 0 amide bonds. The van der Waals surface area contributed by atoms with Gasteiger partial charge in [0.15, 0.2) is 11.5 Å². The highest BCUT2D eigenvalue weighted by atomic mass is 16.5. The van der Waals surface area contributed by atoms with E-state index in [1.165, 1.54) is 0 Å². The summed E-state index contributed by atoms with van der Waals surface area (Å²) in [4.78, 5) is 0. The standard InChI is InChI=1S/C14H23NO4/c1-5-10(9-16)8-15-11-6-12(17-2)14(19-4)13(7-11)18-3/h6-7,10,15-16H,5,8-9H2,1-4H3. The van der Waals surface area contributed by atoms with Crippen LogP contribution in [-0.4, -0.2) is 39.6 Å². The van der Waals surface area contributed by atoms with Gasteiger partial charge in [-0.2, -0.15) is 0 Å². The molecule has 5 nitrogen and oxygen atoms in total. The zero-order valence-electron chi connectivity index (χ0n) is 12.0. The zero-order chi connectivity index (χ0) is 14.3. The summed E-state index contributed by atoms with van der Waals surface area (Å²) in [6, 6.07) is 3.71. The van der Waals surface area contributed by atoms with Crippen LogP contribution in [0.15, 0.2) is 12.1 Å². The average molecular weight is 269 g/mol. The summed E-state index contributed by atoms with van der Waals surface area (Å²) in [5.41, 5.74) is 0.876. The van der Waals surface area contributed by atoms with Crippen molar-refractivity contribution < 1.29 is 19.3 Å². The van der Waals surface area contributed by atoms with Crippen molar-refractivity contribution in [2.45, 2.75) is 13.3 Å². The van der Waals surface area contributed by atoms with E-state index in [9.17, 15) is 5.11 Å². The Morgan fingerprint density at radius 3 is 2.05 bits per heavy atom. The Morgan fingerprint density at radius 2 is 1.68 bits per heavy atom. The third-order valence-electron chi connectivity index (χ3n) is 3.10. The lowest BCUT2D eigenvalue weighted by Crippen LogP contribution is -2.17. The smallest absolute Gasteiger partial charge is 0.203 e. The molecule has 0 aliphatic heterocycles. The van der Waals surface area contributed by atoms with Crippen LogP contribution in [0.2, 0.25) is 0 Å². The van der Waals surface area contributed by atoms with E-state index >= 15 is 0 Å². The fourth-order valence-corrected chi connectivity index (χ4v) is 1.78. The van der Waals surface area contributed by atoms with E-state index in [-0.39, 0.29) is 12.5 Å². The van der Waals surface area contributed by atoms with Gasteiger partial charge in [0.05, 0.1) is 21.3 Å². The van der Waals surface area contributed by atoms with Crippen molar-refractivity contribution in [1.29, 1.82) is 0 Å². The van der Waals surface area contributed by atoms with Crippen LogP contribution >= 0.6 is 0 Å². The maximum Gasteiger partial charge on any atom is 0.203 e. The molecule has 0 aliphatic carbocycles. The fourth-order valence-electron chi connectivity index (χ4n) is 1.78. The molecular formula is C14H23NO4. The lowest BCUT2D eigenvalue weighted by molar-refractivity contribution is 0.230. The Bertz CT molecular complexity index is 366. The lowest BCUT2D eigenvalue weighted by atomic mass is 10.1. The summed E-state index contributed by atoms with van der Waals surface area (Å²) < 4.78 is 15.8. The van der Waals surface area contributed by atoms with Crippen LogP contribution in [0.5, 0.6) is 17.2 Å². The van der Waals surface area contributed by atoms with Gasteiger partial charge in [0.25, 0.3) is 0 Å². The number of methoxy groups -OCH3 is 3. The first-order chi connectivity index (χ1) is 9.19. The topological polar surface area (TPSA) is 60.0 Å². The van der Waals surface area contributed by atoms with E-state index in [2.05, 4.69) is 12.2 Å². The first kappa shape index (κ1) is 15.4. The minimum Gasteiger partial charge on any atom is -0.493 e. The van der Waals surface area contributed by atoms with E-state index in [0.29, 0.717) is 23.8 Å². The van der Waals surface area contributed by atoms with Crippen LogP contribution in [-0.2, 0) is 0 Å². The Hall–Kier alpha value is -1.62. The number of benzene rings is 1. The predicted molar refractivity (Wildman–Crippen MR) is 75.5 cm³/mol. The summed E-state index contributed by atoms with van der Waals surface area (Å²) in [7, 11) is 4.75. The molecule has 1 atom stereocenters. The van der Waals surface area contributed by atoms with Crippen LogP contribution < -0.4 is 19.5 Å². The van der Waals surface area contributed by atoms with Crippen molar-refractivity contribution in [3.8, 4) is 17.2 Å². The molecule has 5 heteroatoms. The Morgan fingerprint density at radius 1 is 1.11 bits per heavy atom. The van der Waals surface area contributed by atoms with Gasteiger partial charge >= 0.3 is 0 Å². The second-order valence-corrected chi connectivity index (χ2v) is 4.25. The molecule has 1 aromatic carbocycles. The van der Waals surface area contributed by atoms with Gasteiger partial charge < -0.3 is 24.6 Å². The molecule has 0 saturated heterocycles. The number of anilines is 1. The molecule has 108 valence electrons. The van der Waals surface area contributed by atoms with Crippen molar-refractivity contribution in [3.05, 3.63) is 12.1 Å². The second-order valence-electron chi connectivity index (χ2n) is 4.25. The van der Waals surface area contributed by atoms with Gasteiger partial charge in [-0.3, -0.25) is 0 Å². The molecule has 19 heavy (non-hydrogen) atoms. The summed E-state index contributed by atoms with van der Waals surface area (Å²) >= 11 is 0. The first-order valence-corrected chi connectivity index (χ1v) is 6.34. The molecule has 0 spiro atoms. The Balaban J connectivity index is 2.90. The van der Waals surface area contributed by atoms with E-state index in [1.54, 1.807) is 21.3 Å². The van der Waals surface area contributed by atoms with Crippen LogP contribution in [0, 0.1) is 5.92 Å². The van der Waals surface area contributed by atoms with Gasteiger partial charge in [0.1, 0.15) is 0 Å². The highest BCUT2D eigenvalue weighted by molar-refractivity contribution is 5.62. The van der Waals surface area contributed by atoms with E-state index in [4.69, 9.17) is 14.2 Å². The molecule has 2 N–H and O–H groups in total. The number of ether oxygens (including phenoxy) is 3. The molecule has 1 aromatic rings. The second kappa shape index (κ2) is 7.74. The van der Waals surface area contributed by atoms with Gasteiger partial charge in [-0.1, -0.05) is 6.92 Å². The molecule has 0 aromatic heterocycles. The number of hydrogen-bond donors (Lipinski definition) is 2. The maximum atomic E-state index is 9.18. The largest absolute Gasteiger partial charge is 0.493 e. The number of nitrogens with one attached hydrogen (secondary N) is 1. The van der Waals surface area contributed by atoms with E-state index in [1.807, 2.05) is 12.1 Å². The minimum absolute atomic E-state index is 0.175. The van der Waals surface area contributed by atoms with Crippen molar-refractivity contribution in [3.63, 3.8) is 0 Å². The summed E-state index contributed by atoms with van der Waals surface area (Å²) in [6.07, 6.45) is 0.925. The number of aliphatic hydroxyl groups is 1. The van der Waals surface area contributed by atoms with Gasteiger partial charge in [-0.05, 0) is 12.3 Å². The maximum absolute atomic E-state index is 9.18. The molecule has 0 bridgehead atoms. The molecule has 0 aliphatic rings. The average Bonchev–Trinajstić information content (AvgIpc) is 2.46. The van der Waals surface area contributed by atoms with Crippen molar-refractivity contribution in [1.82, 2.24) is 0 Å². The van der Waals surface area contributed by atoms with Gasteiger partial charge in [0.2, 0.25) is 5.75 Å². The van der Waals surface area contributed by atoms with Crippen LogP contribution in [0.1, 0.15) is 13.3 Å². The highest BCUT2D eigenvalue weighted by Crippen LogP contribution is 2.39. The van der Waals surface area contributed by atoms with Crippen molar-refractivity contribution in [2.24, 2.45) is 5.92 Å². The van der Waals surface area contributed by atoms with Crippen LogP contribution in [0.4, 0.5) is 5.69 Å². The SMILES string of the molecule is CCC(CO)CNc1cc(OC)c(OC)c(OC)c1. The quantitative estimate of drug-likeness (QED) is 0.757. The molecular weight excluding hydrogens is 246 g/mol. The molecule has 0 heterocycles. The Kier molecular flexibility index (Phi) is 6.29. The number of rotatable bonds is 8. The van der Waals surface area contributed by atoms with E-state index in [0.717, 1.165) is 12.1 Å². The first-order valence-electron chi connectivity index (χ1n) is 6.34. The molecule has 0 fully saturated rings. The van der Waals surface area contributed by atoms with Crippen molar-refractivity contribution in [2.75, 3.05) is 39.8 Å². The van der Waals surface area contributed by atoms with Gasteiger partial charge in [-0.15, -0.1) is 0 Å². The van der Waals surface area contributed by atoms with Gasteiger partial charge in [0, 0.05) is 31.0 Å². The molecule has 0 radical (unpaired) electrons. The third kappa shape index (κ3) is 3.92. The molecule has 0 saturated carbocycles. The number of aliphatic hydroxyl groups excluding tert-OH is 1. The van der Waals surface area contributed by atoms with Crippen molar-refractivity contribution >= 4 is 5.69 Å². The Labute approximate surface area is 114 Å². The minimum atomic E-state index is 0.175. The monoisotopic (exact) mass is 269 g/mol. The molecule has 1 rings (SSSR count). The number of hydrogen-bond acceptors (Lipinski definition) is 5. The summed E-state index contributed by atoms with van der Waals surface area (Å²) in [6.45, 7) is 2.93. The molecule has 1 unspecified atom stereocenters.